The lowest BCUT2D eigenvalue weighted by Crippen LogP contribution is -1.93. The van der Waals surface area contributed by atoms with Crippen molar-refractivity contribution in [3.05, 3.63) is 65.9 Å². The Morgan fingerprint density at radius 2 is 1.85 bits per heavy atom. The summed E-state index contributed by atoms with van der Waals surface area (Å²) in [7, 11) is 0. The molecule has 0 unspecified atom stereocenters. The van der Waals surface area contributed by atoms with Crippen LogP contribution in [0.25, 0.3) is 5.69 Å². The zero-order valence-corrected chi connectivity index (χ0v) is 11.2. The van der Waals surface area contributed by atoms with E-state index in [0.717, 1.165) is 5.69 Å². The number of hydrogen-bond donors (Lipinski definition) is 1. The highest BCUT2D eigenvalue weighted by Gasteiger charge is 2.04. The van der Waals surface area contributed by atoms with Crippen molar-refractivity contribution in [1.82, 2.24) is 9.78 Å². The fraction of sp³-hybridized carbons (Fsp3) is 0. The molecule has 0 aliphatic rings. The van der Waals surface area contributed by atoms with E-state index in [9.17, 15) is 5.11 Å². The number of phenolic OH excluding ortho intramolecular Hbond substituents is 1. The molecule has 0 amide bonds. The van der Waals surface area contributed by atoms with Crippen LogP contribution in [0.5, 0.6) is 17.2 Å². The zero-order valence-electron chi connectivity index (χ0n) is 10.4. The minimum Gasteiger partial charge on any atom is -0.508 e. The monoisotopic (exact) mass is 286 g/mol. The summed E-state index contributed by atoms with van der Waals surface area (Å²) in [6, 6.07) is 13.9. The molecular weight excluding hydrogens is 276 g/mol. The van der Waals surface area contributed by atoms with Crippen LogP contribution in [0, 0.1) is 0 Å². The van der Waals surface area contributed by atoms with Crippen molar-refractivity contribution in [2.24, 2.45) is 0 Å². The van der Waals surface area contributed by atoms with Gasteiger partial charge in [0.15, 0.2) is 5.75 Å². The number of aromatic nitrogens is 2. The summed E-state index contributed by atoms with van der Waals surface area (Å²) >= 11 is 5.95. The summed E-state index contributed by atoms with van der Waals surface area (Å²) in [6.45, 7) is 0. The van der Waals surface area contributed by atoms with E-state index in [0.29, 0.717) is 16.5 Å². The molecule has 0 saturated carbocycles. The van der Waals surface area contributed by atoms with Gasteiger partial charge in [0.2, 0.25) is 0 Å². The summed E-state index contributed by atoms with van der Waals surface area (Å²) in [5.41, 5.74) is 0.859. The molecule has 0 aliphatic heterocycles. The first-order chi connectivity index (χ1) is 9.70. The van der Waals surface area contributed by atoms with E-state index in [2.05, 4.69) is 5.10 Å². The van der Waals surface area contributed by atoms with Gasteiger partial charge in [0.1, 0.15) is 11.5 Å². The smallest absolute Gasteiger partial charge is 0.165 e. The summed E-state index contributed by atoms with van der Waals surface area (Å²) in [4.78, 5) is 0. The number of nitrogens with zero attached hydrogens (tertiary/aromatic N) is 2. The van der Waals surface area contributed by atoms with Gasteiger partial charge in [-0.25, -0.2) is 4.68 Å². The molecule has 20 heavy (non-hydrogen) atoms. The first-order valence-electron chi connectivity index (χ1n) is 5.98. The molecule has 1 N–H and O–H groups in total. The van der Waals surface area contributed by atoms with Gasteiger partial charge in [0.25, 0.3) is 0 Å². The standard InChI is InChI=1S/C15H11ClN2O2/c16-11-2-1-3-12(8-11)18-10-15(9-17-18)20-14-6-4-13(19)5-7-14/h1-10,19H. The summed E-state index contributed by atoms with van der Waals surface area (Å²) in [5.74, 6) is 1.44. The number of ether oxygens (including phenoxy) is 1. The minimum absolute atomic E-state index is 0.201. The fourth-order valence-electron chi connectivity index (χ4n) is 1.77. The lowest BCUT2D eigenvalue weighted by molar-refractivity contribution is 0.464. The predicted molar refractivity (Wildman–Crippen MR) is 76.8 cm³/mol. The quantitative estimate of drug-likeness (QED) is 0.791. The average Bonchev–Trinajstić information content (AvgIpc) is 2.90. The third-order valence-electron chi connectivity index (χ3n) is 2.70. The summed E-state index contributed by atoms with van der Waals surface area (Å²) in [6.07, 6.45) is 3.38. The molecule has 4 nitrogen and oxygen atoms in total. The fourth-order valence-corrected chi connectivity index (χ4v) is 1.95. The minimum atomic E-state index is 0.201. The average molecular weight is 287 g/mol. The van der Waals surface area contributed by atoms with Crippen LogP contribution in [0.15, 0.2) is 60.9 Å². The van der Waals surface area contributed by atoms with Crippen LogP contribution in [-0.4, -0.2) is 14.9 Å². The van der Waals surface area contributed by atoms with Crippen molar-refractivity contribution in [2.45, 2.75) is 0 Å². The molecule has 0 fully saturated rings. The van der Waals surface area contributed by atoms with Gasteiger partial charge < -0.3 is 9.84 Å². The Balaban J connectivity index is 1.82. The maximum Gasteiger partial charge on any atom is 0.165 e. The van der Waals surface area contributed by atoms with Gasteiger partial charge in [-0.05, 0) is 42.5 Å². The topological polar surface area (TPSA) is 47.3 Å². The first kappa shape index (κ1) is 12.6. The van der Waals surface area contributed by atoms with Gasteiger partial charge in [0, 0.05) is 5.02 Å². The van der Waals surface area contributed by atoms with Crippen LogP contribution >= 0.6 is 11.6 Å². The molecule has 0 aliphatic carbocycles. The van der Waals surface area contributed by atoms with Gasteiger partial charge >= 0.3 is 0 Å². The van der Waals surface area contributed by atoms with E-state index in [1.165, 1.54) is 0 Å². The molecule has 1 aromatic heterocycles. The van der Waals surface area contributed by atoms with E-state index < -0.39 is 0 Å². The second-order valence-electron chi connectivity index (χ2n) is 4.20. The van der Waals surface area contributed by atoms with Crippen LogP contribution < -0.4 is 4.74 Å². The highest BCUT2D eigenvalue weighted by molar-refractivity contribution is 6.30. The number of aromatic hydroxyl groups is 1. The number of hydrogen-bond acceptors (Lipinski definition) is 3. The van der Waals surface area contributed by atoms with Gasteiger partial charge in [-0.2, -0.15) is 5.10 Å². The SMILES string of the molecule is Oc1ccc(Oc2cnn(-c3cccc(Cl)c3)c2)cc1. The van der Waals surface area contributed by atoms with Crippen LogP contribution in [-0.2, 0) is 0 Å². The predicted octanol–water partition coefficient (Wildman–Crippen LogP) is 4.02. The van der Waals surface area contributed by atoms with Crippen LogP contribution in [0.4, 0.5) is 0 Å². The molecule has 3 aromatic rings. The van der Waals surface area contributed by atoms with Crippen LogP contribution in [0.3, 0.4) is 0 Å². The van der Waals surface area contributed by atoms with E-state index in [1.54, 1.807) is 41.3 Å². The number of halogens is 1. The molecule has 0 spiro atoms. The third kappa shape index (κ3) is 2.75. The number of benzene rings is 2. The summed E-state index contributed by atoms with van der Waals surface area (Å²) < 4.78 is 7.32. The molecule has 1 heterocycles. The molecule has 2 aromatic carbocycles. The first-order valence-corrected chi connectivity index (χ1v) is 6.36. The van der Waals surface area contributed by atoms with E-state index in [4.69, 9.17) is 16.3 Å². The molecule has 0 saturated heterocycles. The van der Waals surface area contributed by atoms with Gasteiger partial charge in [-0.15, -0.1) is 0 Å². The van der Waals surface area contributed by atoms with Crippen molar-refractivity contribution in [2.75, 3.05) is 0 Å². The Bertz CT molecular complexity index is 723. The highest BCUT2D eigenvalue weighted by Crippen LogP contribution is 2.24. The van der Waals surface area contributed by atoms with Crippen molar-refractivity contribution >= 4 is 11.6 Å². The largest absolute Gasteiger partial charge is 0.508 e. The number of rotatable bonds is 3. The van der Waals surface area contributed by atoms with Crippen molar-refractivity contribution in [1.29, 1.82) is 0 Å². The number of phenols is 1. The Morgan fingerprint density at radius 3 is 2.60 bits per heavy atom. The summed E-state index contributed by atoms with van der Waals surface area (Å²) in [5, 5.41) is 14.1. The highest BCUT2D eigenvalue weighted by atomic mass is 35.5. The van der Waals surface area contributed by atoms with E-state index in [-0.39, 0.29) is 5.75 Å². The van der Waals surface area contributed by atoms with Crippen molar-refractivity contribution < 1.29 is 9.84 Å². The maximum absolute atomic E-state index is 9.22. The van der Waals surface area contributed by atoms with Gasteiger partial charge in [-0.1, -0.05) is 17.7 Å². The Hall–Kier alpha value is -2.46. The molecule has 100 valence electrons. The lowest BCUT2D eigenvalue weighted by atomic mass is 10.3. The zero-order chi connectivity index (χ0) is 13.9. The second-order valence-corrected chi connectivity index (χ2v) is 4.63. The van der Waals surface area contributed by atoms with Gasteiger partial charge in [-0.3, -0.25) is 0 Å². The molecule has 0 bridgehead atoms. The lowest BCUT2D eigenvalue weighted by Gasteiger charge is -2.03. The second kappa shape index (κ2) is 5.27. The van der Waals surface area contributed by atoms with E-state index >= 15 is 0 Å². The molecule has 5 heteroatoms. The Labute approximate surface area is 120 Å². The third-order valence-corrected chi connectivity index (χ3v) is 2.94. The Kier molecular flexibility index (Phi) is 3.31. The van der Waals surface area contributed by atoms with Crippen molar-refractivity contribution in [3.8, 4) is 22.9 Å². The molecule has 0 radical (unpaired) electrons. The van der Waals surface area contributed by atoms with Crippen molar-refractivity contribution in [3.63, 3.8) is 0 Å². The normalized spacial score (nSPS) is 10.4. The van der Waals surface area contributed by atoms with Crippen LogP contribution in [0.1, 0.15) is 0 Å². The molecule has 0 atom stereocenters. The van der Waals surface area contributed by atoms with E-state index in [1.807, 2.05) is 24.3 Å². The molecule has 3 rings (SSSR count). The van der Waals surface area contributed by atoms with Gasteiger partial charge in [0.05, 0.1) is 18.1 Å². The maximum atomic E-state index is 9.22. The van der Waals surface area contributed by atoms with Crippen LogP contribution in [0.2, 0.25) is 5.02 Å². The molecular formula is C15H11ClN2O2. The Morgan fingerprint density at radius 1 is 1.05 bits per heavy atom.